The van der Waals surface area contributed by atoms with E-state index in [9.17, 15) is 4.79 Å². The summed E-state index contributed by atoms with van der Waals surface area (Å²) >= 11 is 1.85. The Morgan fingerprint density at radius 3 is 2.53 bits per heavy atom. The summed E-state index contributed by atoms with van der Waals surface area (Å²) in [6, 6.07) is 10.4. The van der Waals surface area contributed by atoms with Gasteiger partial charge >= 0.3 is 0 Å². The highest BCUT2D eigenvalue weighted by molar-refractivity contribution is 8.00. The standard InChI is InChI=1S/C15H22OS/c1-3-5-9-15(12-13(16)4-2)17-14-10-7-6-8-11-14/h6-8,10-11,15H,3-5,9,12H2,1-2H3. The zero-order valence-electron chi connectivity index (χ0n) is 10.8. The zero-order chi connectivity index (χ0) is 12.5. The van der Waals surface area contributed by atoms with Crippen LogP contribution in [-0.4, -0.2) is 11.0 Å². The Labute approximate surface area is 109 Å². The molecule has 0 N–H and O–H groups in total. The third-order valence-electron chi connectivity index (χ3n) is 2.78. The summed E-state index contributed by atoms with van der Waals surface area (Å²) in [5.41, 5.74) is 0. The SMILES string of the molecule is CCCCC(CC(=O)CC)Sc1ccccc1. The molecule has 2 heteroatoms. The number of hydrogen-bond donors (Lipinski definition) is 0. The van der Waals surface area contributed by atoms with Crippen LogP contribution in [0.3, 0.4) is 0 Å². The third kappa shape index (κ3) is 5.92. The maximum atomic E-state index is 11.6. The minimum atomic E-state index is 0.384. The second-order valence-electron chi connectivity index (χ2n) is 4.29. The van der Waals surface area contributed by atoms with Gasteiger partial charge in [-0.1, -0.05) is 44.9 Å². The lowest BCUT2D eigenvalue weighted by atomic mass is 10.1. The smallest absolute Gasteiger partial charge is 0.133 e. The van der Waals surface area contributed by atoms with Crippen LogP contribution in [0.1, 0.15) is 46.0 Å². The second kappa shape index (κ2) is 8.35. The van der Waals surface area contributed by atoms with Crippen LogP contribution < -0.4 is 0 Å². The van der Waals surface area contributed by atoms with Gasteiger partial charge in [0.25, 0.3) is 0 Å². The quantitative estimate of drug-likeness (QED) is 0.622. The molecule has 0 aliphatic rings. The summed E-state index contributed by atoms with van der Waals surface area (Å²) in [4.78, 5) is 12.8. The van der Waals surface area contributed by atoms with E-state index in [1.807, 2.05) is 24.8 Å². The van der Waals surface area contributed by atoms with Crippen molar-refractivity contribution in [3.63, 3.8) is 0 Å². The number of unbranched alkanes of at least 4 members (excludes halogenated alkanes) is 1. The lowest BCUT2D eigenvalue weighted by Crippen LogP contribution is -2.09. The van der Waals surface area contributed by atoms with Crippen molar-refractivity contribution in [2.75, 3.05) is 0 Å². The molecular weight excluding hydrogens is 228 g/mol. The summed E-state index contributed by atoms with van der Waals surface area (Å²) < 4.78 is 0. The first-order valence-corrected chi connectivity index (χ1v) is 7.37. The summed E-state index contributed by atoms with van der Waals surface area (Å²) in [6.07, 6.45) is 4.93. The molecule has 0 radical (unpaired) electrons. The minimum absolute atomic E-state index is 0.384. The highest BCUT2D eigenvalue weighted by Crippen LogP contribution is 2.29. The molecule has 1 aromatic carbocycles. The molecule has 0 aliphatic heterocycles. The monoisotopic (exact) mass is 250 g/mol. The summed E-state index contributed by atoms with van der Waals surface area (Å²) in [7, 11) is 0. The van der Waals surface area contributed by atoms with E-state index in [1.165, 1.54) is 17.7 Å². The van der Waals surface area contributed by atoms with Gasteiger partial charge < -0.3 is 0 Å². The first-order valence-electron chi connectivity index (χ1n) is 6.49. The predicted molar refractivity (Wildman–Crippen MR) is 75.5 cm³/mol. The highest BCUT2D eigenvalue weighted by atomic mass is 32.2. The van der Waals surface area contributed by atoms with Gasteiger partial charge in [0.15, 0.2) is 0 Å². The average molecular weight is 250 g/mol. The van der Waals surface area contributed by atoms with Crippen LogP contribution in [0.4, 0.5) is 0 Å². The van der Waals surface area contributed by atoms with Crippen molar-refractivity contribution in [1.82, 2.24) is 0 Å². The summed E-state index contributed by atoms with van der Waals surface area (Å²) in [6.45, 7) is 4.15. The van der Waals surface area contributed by atoms with Crippen molar-refractivity contribution in [2.24, 2.45) is 0 Å². The van der Waals surface area contributed by atoms with Crippen LogP contribution in [0.2, 0.25) is 0 Å². The van der Waals surface area contributed by atoms with E-state index in [2.05, 4.69) is 31.2 Å². The first-order chi connectivity index (χ1) is 8.26. The largest absolute Gasteiger partial charge is 0.300 e. The lowest BCUT2D eigenvalue weighted by molar-refractivity contribution is -0.118. The van der Waals surface area contributed by atoms with Crippen molar-refractivity contribution < 1.29 is 4.79 Å². The number of Topliss-reactive ketones (excluding diaryl/α,β-unsaturated/α-hetero) is 1. The number of thioether (sulfide) groups is 1. The number of ketones is 1. The van der Waals surface area contributed by atoms with Gasteiger partial charge in [0.1, 0.15) is 5.78 Å². The van der Waals surface area contributed by atoms with Gasteiger partial charge in [-0.05, 0) is 18.6 Å². The Morgan fingerprint density at radius 2 is 1.94 bits per heavy atom. The number of rotatable bonds is 8. The fraction of sp³-hybridized carbons (Fsp3) is 0.533. The van der Waals surface area contributed by atoms with Gasteiger partial charge in [0.05, 0.1) is 0 Å². The van der Waals surface area contributed by atoms with Crippen molar-refractivity contribution >= 4 is 17.5 Å². The lowest BCUT2D eigenvalue weighted by Gasteiger charge is -2.15. The van der Waals surface area contributed by atoms with Crippen LogP contribution in [0, 0.1) is 0 Å². The molecule has 0 fully saturated rings. The molecular formula is C15H22OS. The molecule has 17 heavy (non-hydrogen) atoms. The Morgan fingerprint density at radius 1 is 1.24 bits per heavy atom. The summed E-state index contributed by atoms with van der Waals surface area (Å²) in [5, 5.41) is 0.449. The molecule has 94 valence electrons. The first kappa shape index (κ1) is 14.3. The Hall–Kier alpha value is -0.760. The molecule has 0 saturated heterocycles. The molecule has 0 heterocycles. The van der Waals surface area contributed by atoms with Gasteiger partial charge in [0, 0.05) is 23.0 Å². The molecule has 0 spiro atoms. The predicted octanol–water partition coefficient (Wildman–Crippen LogP) is 4.71. The van der Waals surface area contributed by atoms with Crippen molar-refractivity contribution in [1.29, 1.82) is 0 Å². The fourth-order valence-corrected chi connectivity index (χ4v) is 2.98. The number of hydrogen-bond acceptors (Lipinski definition) is 2. The van der Waals surface area contributed by atoms with Crippen LogP contribution in [0.5, 0.6) is 0 Å². The molecule has 0 amide bonds. The molecule has 1 aromatic rings. The van der Waals surface area contributed by atoms with Crippen molar-refractivity contribution in [2.45, 2.75) is 56.1 Å². The van der Waals surface area contributed by atoms with E-state index in [4.69, 9.17) is 0 Å². The van der Waals surface area contributed by atoms with Gasteiger partial charge in [-0.25, -0.2) is 0 Å². The average Bonchev–Trinajstić information content (AvgIpc) is 2.37. The normalized spacial score (nSPS) is 12.4. The van der Waals surface area contributed by atoms with Crippen LogP contribution in [-0.2, 0) is 4.79 Å². The molecule has 0 bridgehead atoms. The van der Waals surface area contributed by atoms with Gasteiger partial charge in [-0.2, -0.15) is 0 Å². The maximum absolute atomic E-state index is 11.6. The molecule has 1 nitrogen and oxygen atoms in total. The fourth-order valence-electron chi connectivity index (χ4n) is 1.72. The number of carbonyl (C=O) groups is 1. The number of benzene rings is 1. The van der Waals surface area contributed by atoms with E-state index < -0.39 is 0 Å². The van der Waals surface area contributed by atoms with E-state index in [0.29, 0.717) is 17.5 Å². The van der Waals surface area contributed by atoms with Crippen LogP contribution in [0.15, 0.2) is 35.2 Å². The van der Waals surface area contributed by atoms with Gasteiger partial charge in [0.2, 0.25) is 0 Å². The Bertz CT molecular complexity index is 321. The van der Waals surface area contributed by atoms with E-state index in [-0.39, 0.29) is 0 Å². The summed E-state index contributed by atoms with van der Waals surface area (Å²) in [5.74, 6) is 0.384. The minimum Gasteiger partial charge on any atom is -0.300 e. The van der Waals surface area contributed by atoms with Gasteiger partial charge in [-0.3, -0.25) is 4.79 Å². The molecule has 1 rings (SSSR count). The molecule has 1 atom stereocenters. The third-order valence-corrected chi connectivity index (χ3v) is 4.06. The van der Waals surface area contributed by atoms with E-state index in [0.717, 1.165) is 12.8 Å². The van der Waals surface area contributed by atoms with Gasteiger partial charge in [-0.15, -0.1) is 11.8 Å². The van der Waals surface area contributed by atoms with Crippen LogP contribution in [0.25, 0.3) is 0 Å². The highest BCUT2D eigenvalue weighted by Gasteiger charge is 2.13. The topological polar surface area (TPSA) is 17.1 Å². The van der Waals surface area contributed by atoms with E-state index in [1.54, 1.807) is 0 Å². The molecule has 0 aromatic heterocycles. The zero-order valence-corrected chi connectivity index (χ0v) is 11.6. The molecule has 0 saturated carbocycles. The van der Waals surface area contributed by atoms with Crippen molar-refractivity contribution in [3.8, 4) is 0 Å². The Balaban J connectivity index is 2.53. The maximum Gasteiger partial charge on any atom is 0.133 e. The Kier molecular flexibility index (Phi) is 7.02. The second-order valence-corrected chi connectivity index (χ2v) is 5.67. The molecule has 1 unspecified atom stereocenters. The molecule has 0 aliphatic carbocycles. The number of carbonyl (C=O) groups excluding carboxylic acids is 1. The van der Waals surface area contributed by atoms with Crippen molar-refractivity contribution in [3.05, 3.63) is 30.3 Å². The van der Waals surface area contributed by atoms with E-state index >= 15 is 0 Å². The van der Waals surface area contributed by atoms with Crippen LogP contribution >= 0.6 is 11.8 Å².